The van der Waals surface area contributed by atoms with Crippen LogP contribution in [0.5, 0.6) is 0 Å². The highest BCUT2D eigenvalue weighted by Crippen LogP contribution is 2.39. The molecule has 0 radical (unpaired) electrons. The van der Waals surface area contributed by atoms with Gasteiger partial charge in [-0.05, 0) is 30.5 Å². The van der Waals surface area contributed by atoms with Gasteiger partial charge in [-0.2, -0.15) is 0 Å². The van der Waals surface area contributed by atoms with E-state index in [0.29, 0.717) is 6.42 Å². The van der Waals surface area contributed by atoms with Crippen molar-refractivity contribution in [3.05, 3.63) is 34.9 Å². The first-order chi connectivity index (χ1) is 10.2. The second-order valence-electron chi connectivity index (χ2n) is 6.26. The van der Waals surface area contributed by atoms with Gasteiger partial charge >= 0.3 is 0 Å². The third-order valence-electron chi connectivity index (χ3n) is 5.05. The van der Waals surface area contributed by atoms with Crippen molar-refractivity contribution in [1.82, 2.24) is 4.90 Å². The van der Waals surface area contributed by atoms with Crippen LogP contribution in [0.15, 0.2) is 24.3 Å². The summed E-state index contributed by atoms with van der Waals surface area (Å²) in [6, 6.07) is 7.86. The third kappa shape index (κ3) is 3.26. The first kappa shape index (κ1) is 15.3. The van der Waals surface area contributed by atoms with Gasteiger partial charge in [-0.25, -0.2) is 0 Å². The van der Waals surface area contributed by atoms with Crippen molar-refractivity contribution in [3.63, 3.8) is 0 Å². The summed E-state index contributed by atoms with van der Waals surface area (Å²) in [5, 5.41) is 11.7. The van der Waals surface area contributed by atoms with Gasteiger partial charge in [-0.3, -0.25) is 4.90 Å². The van der Waals surface area contributed by atoms with E-state index in [2.05, 4.69) is 11.0 Å². The van der Waals surface area contributed by atoms with Crippen LogP contribution in [0.25, 0.3) is 0 Å². The van der Waals surface area contributed by atoms with E-state index in [1.807, 2.05) is 18.2 Å². The summed E-state index contributed by atoms with van der Waals surface area (Å²) < 4.78 is 5.48. The Morgan fingerprint density at radius 2 is 1.95 bits per heavy atom. The van der Waals surface area contributed by atoms with Crippen LogP contribution in [-0.4, -0.2) is 48.0 Å². The molecule has 116 valence electrons. The Balaban J connectivity index is 1.76. The van der Waals surface area contributed by atoms with Crippen LogP contribution in [0.3, 0.4) is 0 Å². The highest BCUT2D eigenvalue weighted by atomic mass is 35.5. The van der Waals surface area contributed by atoms with Gasteiger partial charge in [-0.15, -0.1) is 0 Å². The molecule has 1 unspecified atom stereocenters. The molecule has 21 heavy (non-hydrogen) atoms. The Morgan fingerprint density at radius 1 is 1.24 bits per heavy atom. The highest BCUT2D eigenvalue weighted by Gasteiger charge is 2.45. The fourth-order valence-electron chi connectivity index (χ4n) is 3.93. The van der Waals surface area contributed by atoms with Crippen molar-refractivity contribution < 1.29 is 9.84 Å². The summed E-state index contributed by atoms with van der Waals surface area (Å²) in [4.78, 5) is 2.47. The molecule has 2 fully saturated rings. The fraction of sp³-hybridized carbons (Fsp3) is 0.647. The second-order valence-corrected chi connectivity index (χ2v) is 6.70. The monoisotopic (exact) mass is 309 g/mol. The van der Waals surface area contributed by atoms with Crippen molar-refractivity contribution in [1.29, 1.82) is 0 Å². The van der Waals surface area contributed by atoms with Crippen LogP contribution in [0, 0.1) is 0 Å². The van der Waals surface area contributed by atoms with E-state index in [4.69, 9.17) is 16.3 Å². The van der Waals surface area contributed by atoms with Crippen LogP contribution < -0.4 is 0 Å². The molecule has 1 N–H and O–H groups in total. The van der Waals surface area contributed by atoms with Crippen LogP contribution in [0.1, 0.15) is 31.2 Å². The van der Waals surface area contributed by atoms with Crippen molar-refractivity contribution in [2.24, 2.45) is 0 Å². The standard InChI is InChI=1S/C17H24ClNO2/c18-15-5-3-4-14(12-15)13-16(20)17(6-1-2-7-17)19-8-10-21-11-9-19/h3-5,12,16,20H,1-2,6-11,13H2. The van der Waals surface area contributed by atoms with Crippen LogP contribution in [-0.2, 0) is 11.2 Å². The number of hydrogen-bond acceptors (Lipinski definition) is 3. The Hall–Kier alpha value is -0.610. The SMILES string of the molecule is OC(Cc1cccc(Cl)c1)C1(N2CCOCC2)CCCC1. The predicted molar refractivity (Wildman–Crippen MR) is 84.8 cm³/mol. The molecule has 3 rings (SSSR count). The van der Waals surface area contributed by atoms with E-state index in [0.717, 1.165) is 49.7 Å². The minimum Gasteiger partial charge on any atom is -0.391 e. The number of nitrogens with zero attached hydrogens (tertiary/aromatic N) is 1. The summed E-state index contributed by atoms with van der Waals surface area (Å²) in [5.41, 5.74) is 1.06. The molecule has 1 aromatic carbocycles. The number of morpholine rings is 1. The first-order valence-electron chi connectivity index (χ1n) is 7.96. The number of aliphatic hydroxyl groups excluding tert-OH is 1. The van der Waals surface area contributed by atoms with Gasteiger partial charge in [0.25, 0.3) is 0 Å². The van der Waals surface area contributed by atoms with Crippen LogP contribution in [0.2, 0.25) is 5.02 Å². The molecule has 0 amide bonds. The van der Waals surface area contributed by atoms with Crippen LogP contribution >= 0.6 is 11.6 Å². The molecule has 3 nitrogen and oxygen atoms in total. The zero-order chi connectivity index (χ0) is 14.7. The summed E-state index contributed by atoms with van der Waals surface area (Å²) in [6.45, 7) is 3.44. The molecular weight excluding hydrogens is 286 g/mol. The molecule has 1 aromatic rings. The van der Waals surface area contributed by atoms with Crippen molar-refractivity contribution in [2.75, 3.05) is 26.3 Å². The Morgan fingerprint density at radius 3 is 2.62 bits per heavy atom. The fourth-order valence-corrected chi connectivity index (χ4v) is 4.15. The Kier molecular flexibility index (Phi) is 4.85. The summed E-state index contributed by atoms with van der Waals surface area (Å²) >= 11 is 6.06. The predicted octanol–water partition coefficient (Wildman–Crippen LogP) is 2.89. The lowest BCUT2D eigenvalue weighted by atomic mass is 9.84. The molecule has 1 saturated carbocycles. The second kappa shape index (κ2) is 6.66. The van der Waals surface area contributed by atoms with Gasteiger partial charge in [0.1, 0.15) is 0 Å². The number of halogens is 1. The maximum Gasteiger partial charge on any atom is 0.0764 e. The van der Waals surface area contributed by atoms with E-state index < -0.39 is 0 Å². The smallest absolute Gasteiger partial charge is 0.0764 e. The van der Waals surface area contributed by atoms with Crippen molar-refractivity contribution >= 4 is 11.6 Å². The Labute approximate surface area is 131 Å². The molecule has 1 saturated heterocycles. The quantitative estimate of drug-likeness (QED) is 0.928. The minimum atomic E-state index is -0.337. The molecule has 1 atom stereocenters. The van der Waals surface area contributed by atoms with Gasteiger partial charge in [-0.1, -0.05) is 36.6 Å². The van der Waals surface area contributed by atoms with Crippen molar-refractivity contribution in [2.45, 2.75) is 43.7 Å². The van der Waals surface area contributed by atoms with E-state index in [-0.39, 0.29) is 11.6 Å². The number of benzene rings is 1. The van der Waals surface area contributed by atoms with Gasteiger partial charge in [0.15, 0.2) is 0 Å². The third-order valence-corrected chi connectivity index (χ3v) is 5.28. The molecule has 1 aliphatic carbocycles. The molecule has 1 aliphatic heterocycles. The topological polar surface area (TPSA) is 32.7 Å². The normalized spacial score (nSPS) is 24.1. The lowest BCUT2D eigenvalue weighted by Gasteiger charge is -2.46. The van der Waals surface area contributed by atoms with Gasteiger partial charge < -0.3 is 9.84 Å². The summed E-state index contributed by atoms with van der Waals surface area (Å²) in [5.74, 6) is 0. The van der Waals surface area contributed by atoms with E-state index in [1.54, 1.807) is 0 Å². The average Bonchev–Trinajstić information content (AvgIpc) is 2.99. The van der Waals surface area contributed by atoms with E-state index in [1.165, 1.54) is 12.8 Å². The lowest BCUT2D eigenvalue weighted by Crippen LogP contribution is -2.59. The molecule has 4 heteroatoms. The average molecular weight is 310 g/mol. The first-order valence-corrected chi connectivity index (χ1v) is 8.34. The maximum atomic E-state index is 11.0. The van der Waals surface area contributed by atoms with Gasteiger partial charge in [0.2, 0.25) is 0 Å². The lowest BCUT2D eigenvalue weighted by molar-refractivity contribution is -0.0753. The summed E-state index contributed by atoms with van der Waals surface area (Å²) in [7, 11) is 0. The molecule has 1 heterocycles. The van der Waals surface area contributed by atoms with Gasteiger partial charge in [0.05, 0.1) is 19.3 Å². The van der Waals surface area contributed by atoms with Gasteiger partial charge in [0, 0.05) is 30.1 Å². The molecule has 0 spiro atoms. The highest BCUT2D eigenvalue weighted by molar-refractivity contribution is 6.30. The number of ether oxygens (including phenoxy) is 1. The minimum absolute atomic E-state index is 0.0634. The largest absolute Gasteiger partial charge is 0.391 e. The Bertz CT molecular complexity index is 468. The van der Waals surface area contributed by atoms with E-state index in [9.17, 15) is 5.11 Å². The maximum absolute atomic E-state index is 11.0. The zero-order valence-electron chi connectivity index (χ0n) is 12.4. The molecule has 2 aliphatic rings. The van der Waals surface area contributed by atoms with Crippen LogP contribution in [0.4, 0.5) is 0 Å². The number of hydrogen-bond donors (Lipinski definition) is 1. The van der Waals surface area contributed by atoms with E-state index >= 15 is 0 Å². The summed E-state index contributed by atoms with van der Waals surface area (Å²) in [6.07, 6.45) is 4.95. The van der Waals surface area contributed by atoms with Crippen molar-refractivity contribution in [3.8, 4) is 0 Å². The molecule has 0 bridgehead atoms. The number of rotatable bonds is 4. The number of aliphatic hydroxyl groups is 1. The molecular formula is C17H24ClNO2. The molecule has 0 aromatic heterocycles. The zero-order valence-corrected chi connectivity index (χ0v) is 13.2.